The predicted octanol–water partition coefficient (Wildman–Crippen LogP) is 4.03. The normalized spacial score (nSPS) is 10.2. The molecule has 29 heavy (non-hydrogen) atoms. The number of amides is 1. The average molecular weight is 393 g/mol. The third kappa shape index (κ3) is 5.16. The van der Waals surface area contributed by atoms with Gasteiger partial charge in [-0.05, 0) is 42.0 Å². The molecule has 0 saturated carbocycles. The average Bonchev–Trinajstić information content (AvgIpc) is 2.75. The minimum atomic E-state index is -0.171. The minimum Gasteiger partial charge on any atom is -0.495 e. The molecule has 7 heteroatoms. The molecule has 3 aromatic rings. The Morgan fingerprint density at radius 3 is 2.34 bits per heavy atom. The first kappa shape index (κ1) is 20.0. The van der Waals surface area contributed by atoms with Gasteiger partial charge >= 0.3 is 0 Å². The van der Waals surface area contributed by atoms with Crippen LogP contribution in [0.1, 0.15) is 5.56 Å². The van der Waals surface area contributed by atoms with Crippen molar-refractivity contribution < 1.29 is 19.0 Å². The number of methoxy groups -OCH3 is 3. The second-order valence-electron chi connectivity index (χ2n) is 6.17. The lowest BCUT2D eigenvalue weighted by Gasteiger charge is -2.11. The lowest BCUT2D eigenvalue weighted by atomic mass is 10.1. The Bertz CT molecular complexity index is 974. The summed E-state index contributed by atoms with van der Waals surface area (Å²) in [5, 5.41) is 6.04. The number of nitrogens with zero attached hydrogens (tertiary/aromatic N) is 1. The molecule has 1 amide bonds. The number of carbonyl (C=O) groups excluding carboxylic acids is 1. The molecule has 0 atom stereocenters. The predicted molar refractivity (Wildman–Crippen MR) is 112 cm³/mol. The molecule has 0 aliphatic rings. The zero-order chi connectivity index (χ0) is 20.6. The van der Waals surface area contributed by atoms with Crippen molar-refractivity contribution in [1.29, 1.82) is 0 Å². The first-order valence-corrected chi connectivity index (χ1v) is 8.99. The third-order valence-corrected chi connectivity index (χ3v) is 4.23. The summed E-state index contributed by atoms with van der Waals surface area (Å²) in [5.41, 5.74) is 2.43. The Morgan fingerprint density at radius 1 is 0.897 bits per heavy atom. The molecule has 2 N–H and O–H groups in total. The number of aromatic nitrogens is 1. The number of pyridine rings is 1. The van der Waals surface area contributed by atoms with Crippen LogP contribution in [0.15, 0.2) is 60.8 Å². The lowest BCUT2D eigenvalue weighted by molar-refractivity contribution is -0.115. The van der Waals surface area contributed by atoms with Crippen molar-refractivity contribution in [3.05, 3.63) is 66.4 Å². The van der Waals surface area contributed by atoms with Gasteiger partial charge in [0, 0.05) is 0 Å². The maximum Gasteiger partial charge on any atom is 0.229 e. The van der Waals surface area contributed by atoms with E-state index in [-0.39, 0.29) is 12.3 Å². The van der Waals surface area contributed by atoms with Gasteiger partial charge in [-0.2, -0.15) is 0 Å². The standard InChI is InChI=1S/C22H23N3O4/c1-27-18-7-5-4-6-17(18)24-16-9-11-21(23-14-16)25-22(26)13-15-8-10-19(28-2)20(12-15)29-3/h4-12,14,24H,13H2,1-3H3,(H,23,25,26). The van der Waals surface area contributed by atoms with Gasteiger partial charge in [-0.15, -0.1) is 0 Å². The molecule has 3 rings (SSSR count). The van der Waals surface area contributed by atoms with Crippen LogP contribution in [0.25, 0.3) is 0 Å². The van der Waals surface area contributed by atoms with Crippen molar-refractivity contribution >= 4 is 23.1 Å². The first-order valence-electron chi connectivity index (χ1n) is 8.99. The number of nitrogens with one attached hydrogen (secondary N) is 2. The summed E-state index contributed by atoms with van der Waals surface area (Å²) < 4.78 is 15.8. The molecule has 0 saturated heterocycles. The number of ether oxygens (including phenoxy) is 3. The SMILES string of the molecule is COc1ccccc1Nc1ccc(NC(=O)Cc2ccc(OC)c(OC)c2)nc1. The molecule has 0 unspecified atom stereocenters. The van der Waals surface area contributed by atoms with E-state index in [1.54, 1.807) is 45.7 Å². The molecule has 1 aromatic heterocycles. The van der Waals surface area contributed by atoms with Gasteiger partial charge in [-0.1, -0.05) is 18.2 Å². The van der Waals surface area contributed by atoms with Gasteiger partial charge in [0.1, 0.15) is 11.6 Å². The van der Waals surface area contributed by atoms with Crippen LogP contribution in [0, 0.1) is 0 Å². The van der Waals surface area contributed by atoms with Gasteiger partial charge in [0.2, 0.25) is 5.91 Å². The van der Waals surface area contributed by atoms with Gasteiger partial charge < -0.3 is 24.8 Å². The zero-order valence-corrected chi connectivity index (χ0v) is 16.6. The van der Waals surface area contributed by atoms with Gasteiger partial charge in [-0.25, -0.2) is 4.98 Å². The maximum atomic E-state index is 12.3. The van der Waals surface area contributed by atoms with Crippen molar-refractivity contribution in [2.45, 2.75) is 6.42 Å². The van der Waals surface area contributed by atoms with Crippen molar-refractivity contribution in [2.24, 2.45) is 0 Å². The Kier molecular flexibility index (Phi) is 6.52. The Morgan fingerprint density at radius 2 is 1.66 bits per heavy atom. The Labute approximate surface area is 169 Å². The molecule has 0 aliphatic carbocycles. The Hall–Kier alpha value is -3.74. The topological polar surface area (TPSA) is 81.7 Å². The molecule has 0 fully saturated rings. The van der Waals surface area contributed by atoms with E-state index in [2.05, 4.69) is 15.6 Å². The van der Waals surface area contributed by atoms with E-state index in [4.69, 9.17) is 14.2 Å². The molecular weight excluding hydrogens is 370 g/mol. The lowest BCUT2D eigenvalue weighted by Crippen LogP contribution is -2.15. The maximum absolute atomic E-state index is 12.3. The zero-order valence-electron chi connectivity index (χ0n) is 16.6. The highest BCUT2D eigenvalue weighted by atomic mass is 16.5. The highest BCUT2D eigenvalue weighted by Gasteiger charge is 2.09. The highest BCUT2D eigenvalue weighted by molar-refractivity contribution is 5.91. The third-order valence-electron chi connectivity index (χ3n) is 4.23. The summed E-state index contributed by atoms with van der Waals surface area (Å²) in [6.45, 7) is 0. The number of hydrogen-bond donors (Lipinski definition) is 2. The van der Waals surface area contributed by atoms with Crippen molar-refractivity contribution in [2.75, 3.05) is 32.0 Å². The summed E-state index contributed by atoms with van der Waals surface area (Å²) in [4.78, 5) is 16.6. The summed E-state index contributed by atoms with van der Waals surface area (Å²) in [6.07, 6.45) is 1.85. The second-order valence-corrected chi connectivity index (χ2v) is 6.17. The number of hydrogen-bond acceptors (Lipinski definition) is 6. The summed E-state index contributed by atoms with van der Waals surface area (Å²) >= 11 is 0. The van der Waals surface area contributed by atoms with Gasteiger partial charge in [-0.3, -0.25) is 4.79 Å². The fourth-order valence-electron chi connectivity index (χ4n) is 2.81. The van der Waals surface area contributed by atoms with Crippen LogP contribution in [0.2, 0.25) is 0 Å². The number of benzene rings is 2. The largest absolute Gasteiger partial charge is 0.495 e. The van der Waals surface area contributed by atoms with Crippen LogP contribution < -0.4 is 24.8 Å². The molecule has 2 aromatic carbocycles. The molecule has 0 spiro atoms. The van der Waals surface area contributed by atoms with Crippen LogP contribution in [0.4, 0.5) is 17.2 Å². The summed E-state index contributed by atoms with van der Waals surface area (Å²) in [7, 11) is 4.75. The van der Waals surface area contributed by atoms with Gasteiger partial charge in [0.15, 0.2) is 11.5 Å². The van der Waals surface area contributed by atoms with Gasteiger partial charge in [0.25, 0.3) is 0 Å². The molecule has 0 bridgehead atoms. The first-order chi connectivity index (χ1) is 14.1. The molecule has 7 nitrogen and oxygen atoms in total. The van der Waals surface area contributed by atoms with Crippen LogP contribution in [0.3, 0.4) is 0 Å². The van der Waals surface area contributed by atoms with Crippen molar-refractivity contribution in [1.82, 2.24) is 4.98 Å². The van der Waals surface area contributed by atoms with E-state index >= 15 is 0 Å². The molecule has 0 radical (unpaired) electrons. The van der Waals surface area contributed by atoms with E-state index in [0.717, 1.165) is 22.7 Å². The number of rotatable bonds is 8. The van der Waals surface area contributed by atoms with E-state index < -0.39 is 0 Å². The van der Waals surface area contributed by atoms with E-state index in [1.807, 2.05) is 36.4 Å². The van der Waals surface area contributed by atoms with E-state index in [1.165, 1.54) is 0 Å². The molecule has 150 valence electrons. The molecule has 0 aliphatic heterocycles. The number of para-hydroxylation sites is 2. The molecular formula is C22H23N3O4. The van der Waals surface area contributed by atoms with Crippen LogP contribution in [-0.4, -0.2) is 32.2 Å². The fourth-order valence-corrected chi connectivity index (χ4v) is 2.81. The monoisotopic (exact) mass is 393 g/mol. The quantitative estimate of drug-likeness (QED) is 0.601. The second kappa shape index (κ2) is 9.45. The Balaban J connectivity index is 1.61. The summed E-state index contributed by atoms with van der Waals surface area (Å²) in [5.74, 6) is 2.25. The number of anilines is 3. The minimum absolute atomic E-state index is 0.171. The van der Waals surface area contributed by atoms with Crippen molar-refractivity contribution in [3.63, 3.8) is 0 Å². The van der Waals surface area contributed by atoms with Crippen LogP contribution in [0.5, 0.6) is 17.2 Å². The van der Waals surface area contributed by atoms with E-state index in [9.17, 15) is 4.79 Å². The van der Waals surface area contributed by atoms with E-state index in [0.29, 0.717) is 17.3 Å². The smallest absolute Gasteiger partial charge is 0.229 e. The van der Waals surface area contributed by atoms with Gasteiger partial charge in [0.05, 0.1) is 45.3 Å². The van der Waals surface area contributed by atoms with Crippen LogP contribution in [-0.2, 0) is 11.2 Å². The van der Waals surface area contributed by atoms with Crippen molar-refractivity contribution in [3.8, 4) is 17.2 Å². The van der Waals surface area contributed by atoms with Crippen LogP contribution >= 0.6 is 0 Å². The highest BCUT2D eigenvalue weighted by Crippen LogP contribution is 2.28. The summed E-state index contributed by atoms with van der Waals surface area (Å²) in [6, 6.07) is 16.6. The number of carbonyl (C=O) groups is 1. The fraction of sp³-hybridized carbons (Fsp3) is 0.182. The molecule has 1 heterocycles.